The summed E-state index contributed by atoms with van der Waals surface area (Å²) in [6.45, 7) is 10.6. The molecular formula is C29H38N4O5. The fourth-order valence-corrected chi connectivity index (χ4v) is 4.39. The van der Waals surface area contributed by atoms with Crippen LogP contribution in [0.15, 0.2) is 64.7 Å². The number of allylic oxidation sites excluding steroid dienone is 1. The number of hydrogen-bond acceptors (Lipinski definition) is 9. The molecule has 2 aromatic carbocycles. The standard InChI is InChI=1S/C29H38N4O5/c1-6-32(12-14-34)21-8-10-23(19(3)16-21)30-25-18-26(28(37)29(38-5)27(25)36)31-24-11-9-22(17-20(24)4)33(7-2)13-15-35/h8-11,16-18,30,34-35,37H,6-7,12-15H2,1-5H3/b31-26-. The van der Waals surface area contributed by atoms with Crippen LogP contribution < -0.4 is 15.1 Å². The SMILES string of the molecule is CCN(CCO)c1ccc(/N=C2/C=C(Nc3ccc(N(CC)CCO)cc3C)C(=O)C(OC)=C2O)c(C)c1. The largest absolute Gasteiger partial charge is 0.503 e. The number of anilines is 3. The van der Waals surface area contributed by atoms with Crippen molar-refractivity contribution < 1.29 is 24.9 Å². The molecule has 0 aliphatic heterocycles. The van der Waals surface area contributed by atoms with Gasteiger partial charge in [0.1, 0.15) is 5.71 Å². The van der Waals surface area contributed by atoms with Crippen molar-refractivity contribution in [2.24, 2.45) is 4.99 Å². The molecule has 0 radical (unpaired) electrons. The third-order valence-electron chi connectivity index (χ3n) is 6.53. The number of carbonyl (C=O) groups is 1. The van der Waals surface area contributed by atoms with Gasteiger partial charge in [0.15, 0.2) is 5.76 Å². The smallest absolute Gasteiger partial charge is 0.247 e. The number of hydrogen-bond donors (Lipinski definition) is 4. The number of aliphatic hydroxyl groups is 3. The van der Waals surface area contributed by atoms with Crippen LogP contribution in [0.25, 0.3) is 0 Å². The predicted molar refractivity (Wildman–Crippen MR) is 153 cm³/mol. The van der Waals surface area contributed by atoms with Crippen molar-refractivity contribution in [1.29, 1.82) is 0 Å². The fraction of sp³-hybridized carbons (Fsp3) is 0.379. The Labute approximate surface area is 224 Å². The summed E-state index contributed by atoms with van der Waals surface area (Å²) < 4.78 is 5.25. The van der Waals surface area contributed by atoms with Crippen LogP contribution in [0.4, 0.5) is 22.7 Å². The molecule has 0 saturated heterocycles. The Bertz CT molecular complexity index is 1250. The average Bonchev–Trinajstić information content (AvgIpc) is 2.91. The number of benzene rings is 2. The lowest BCUT2D eigenvalue weighted by atomic mass is 10.0. The number of ketones is 1. The number of methoxy groups -OCH3 is 1. The number of nitrogens with one attached hydrogen (secondary N) is 1. The average molecular weight is 523 g/mol. The van der Waals surface area contributed by atoms with Crippen molar-refractivity contribution in [2.45, 2.75) is 27.7 Å². The minimum absolute atomic E-state index is 0.0612. The summed E-state index contributed by atoms with van der Waals surface area (Å²) in [4.78, 5) is 21.8. The lowest BCUT2D eigenvalue weighted by Gasteiger charge is -2.24. The minimum atomic E-state index is -0.474. The summed E-state index contributed by atoms with van der Waals surface area (Å²) in [6.07, 6.45) is 1.52. The molecule has 0 saturated carbocycles. The molecule has 0 aromatic heterocycles. The van der Waals surface area contributed by atoms with Crippen molar-refractivity contribution in [3.8, 4) is 0 Å². The van der Waals surface area contributed by atoms with Gasteiger partial charge in [-0.3, -0.25) is 4.79 Å². The van der Waals surface area contributed by atoms with E-state index in [1.54, 1.807) is 0 Å². The van der Waals surface area contributed by atoms with E-state index in [-0.39, 0.29) is 36.1 Å². The van der Waals surface area contributed by atoms with Crippen molar-refractivity contribution in [1.82, 2.24) is 0 Å². The fourth-order valence-electron chi connectivity index (χ4n) is 4.39. The molecule has 38 heavy (non-hydrogen) atoms. The van der Waals surface area contributed by atoms with E-state index in [4.69, 9.17) is 4.74 Å². The van der Waals surface area contributed by atoms with E-state index in [0.29, 0.717) is 18.8 Å². The second kappa shape index (κ2) is 13.1. The van der Waals surface area contributed by atoms with Crippen LogP contribution >= 0.6 is 0 Å². The van der Waals surface area contributed by atoms with E-state index in [2.05, 4.69) is 20.1 Å². The van der Waals surface area contributed by atoms with E-state index in [0.717, 1.165) is 41.3 Å². The molecule has 3 rings (SSSR count). The van der Waals surface area contributed by atoms with Gasteiger partial charge in [-0.25, -0.2) is 4.99 Å². The maximum Gasteiger partial charge on any atom is 0.247 e. The molecule has 1 aliphatic rings. The second-order valence-corrected chi connectivity index (χ2v) is 8.97. The maximum atomic E-state index is 13.1. The molecule has 0 amide bonds. The Hall–Kier alpha value is -3.82. The molecule has 0 heterocycles. The highest BCUT2D eigenvalue weighted by Crippen LogP contribution is 2.29. The normalized spacial score (nSPS) is 14.6. The van der Waals surface area contributed by atoms with Crippen LogP contribution in [0.1, 0.15) is 25.0 Å². The highest BCUT2D eigenvalue weighted by Gasteiger charge is 2.29. The number of rotatable bonds is 12. The van der Waals surface area contributed by atoms with E-state index in [1.165, 1.54) is 13.2 Å². The third-order valence-corrected chi connectivity index (χ3v) is 6.53. The van der Waals surface area contributed by atoms with Gasteiger partial charge in [0, 0.05) is 43.2 Å². The molecule has 0 bridgehead atoms. The van der Waals surface area contributed by atoms with Crippen LogP contribution in [0, 0.1) is 13.8 Å². The molecule has 2 aromatic rings. The Morgan fingerprint density at radius 1 is 0.921 bits per heavy atom. The Balaban J connectivity index is 1.96. The van der Waals surface area contributed by atoms with Gasteiger partial charge in [-0.05, 0) is 81.3 Å². The van der Waals surface area contributed by atoms with Crippen molar-refractivity contribution in [3.63, 3.8) is 0 Å². The van der Waals surface area contributed by atoms with Crippen molar-refractivity contribution >= 4 is 34.2 Å². The molecule has 0 unspecified atom stereocenters. The summed E-state index contributed by atoms with van der Waals surface area (Å²) in [7, 11) is 1.34. The monoisotopic (exact) mass is 522 g/mol. The van der Waals surface area contributed by atoms with E-state index in [9.17, 15) is 20.1 Å². The first kappa shape index (κ1) is 28.7. The minimum Gasteiger partial charge on any atom is -0.503 e. The number of aryl methyl sites for hydroxylation is 2. The summed E-state index contributed by atoms with van der Waals surface area (Å²) in [5, 5.41) is 32.6. The van der Waals surface area contributed by atoms with Crippen LogP contribution in [-0.2, 0) is 9.53 Å². The number of aliphatic hydroxyl groups excluding tert-OH is 3. The summed E-state index contributed by atoms with van der Waals surface area (Å²) in [6, 6.07) is 11.6. The summed E-state index contributed by atoms with van der Waals surface area (Å²) >= 11 is 0. The first-order chi connectivity index (χ1) is 18.3. The van der Waals surface area contributed by atoms with Gasteiger partial charge in [0.2, 0.25) is 11.5 Å². The number of ether oxygens (including phenoxy) is 1. The van der Waals surface area contributed by atoms with E-state index < -0.39 is 5.78 Å². The Morgan fingerprint density at radius 2 is 1.50 bits per heavy atom. The van der Waals surface area contributed by atoms with E-state index >= 15 is 0 Å². The molecule has 9 nitrogen and oxygen atoms in total. The highest BCUT2D eigenvalue weighted by molar-refractivity contribution is 6.24. The molecule has 1 aliphatic carbocycles. The Kier molecular flexibility index (Phi) is 9.92. The third kappa shape index (κ3) is 6.35. The zero-order valence-corrected chi connectivity index (χ0v) is 22.8. The summed E-state index contributed by atoms with van der Waals surface area (Å²) in [5.41, 5.74) is 5.55. The van der Waals surface area contributed by atoms with Gasteiger partial charge in [-0.2, -0.15) is 0 Å². The van der Waals surface area contributed by atoms with E-state index in [1.807, 2.05) is 64.1 Å². The van der Waals surface area contributed by atoms with Crippen LogP contribution in [-0.4, -0.2) is 73.3 Å². The van der Waals surface area contributed by atoms with Crippen LogP contribution in [0.2, 0.25) is 0 Å². The van der Waals surface area contributed by atoms with Gasteiger partial charge >= 0.3 is 0 Å². The Morgan fingerprint density at radius 3 is 2.00 bits per heavy atom. The number of likely N-dealkylation sites (N-methyl/N-ethyl adjacent to an activating group) is 2. The van der Waals surface area contributed by atoms with Crippen LogP contribution in [0.5, 0.6) is 0 Å². The van der Waals surface area contributed by atoms with Gasteiger partial charge in [0.25, 0.3) is 0 Å². The lowest BCUT2D eigenvalue weighted by Crippen LogP contribution is -2.26. The number of aliphatic imine (C=N–C) groups is 1. The molecule has 0 fully saturated rings. The molecule has 204 valence electrons. The second-order valence-electron chi connectivity index (χ2n) is 8.97. The topological polar surface area (TPSA) is 118 Å². The number of Topliss-reactive ketones (excluding diaryl/α,β-unsaturated/α-hetero) is 1. The van der Waals surface area contributed by atoms with Gasteiger partial charge in [-0.1, -0.05) is 0 Å². The highest BCUT2D eigenvalue weighted by atomic mass is 16.5. The van der Waals surface area contributed by atoms with Crippen molar-refractivity contribution in [2.75, 3.05) is 61.6 Å². The number of carbonyl (C=O) groups excluding carboxylic acids is 1. The molecular weight excluding hydrogens is 484 g/mol. The van der Waals surface area contributed by atoms with Gasteiger partial charge in [0.05, 0.1) is 31.7 Å². The lowest BCUT2D eigenvalue weighted by molar-refractivity contribution is -0.115. The molecule has 0 atom stereocenters. The van der Waals surface area contributed by atoms with Gasteiger partial charge in [-0.15, -0.1) is 0 Å². The first-order valence-electron chi connectivity index (χ1n) is 12.8. The first-order valence-corrected chi connectivity index (χ1v) is 12.8. The quantitative estimate of drug-likeness (QED) is 0.309. The number of nitrogens with zero attached hydrogens (tertiary/aromatic N) is 3. The summed E-state index contributed by atoms with van der Waals surface area (Å²) in [5.74, 6) is -0.980. The predicted octanol–water partition coefficient (Wildman–Crippen LogP) is 4.01. The maximum absolute atomic E-state index is 13.1. The zero-order valence-electron chi connectivity index (χ0n) is 22.8. The zero-order chi connectivity index (χ0) is 27.8. The van der Waals surface area contributed by atoms with Crippen molar-refractivity contribution in [3.05, 3.63) is 70.8 Å². The molecule has 4 N–H and O–H groups in total. The van der Waals surface area contributed by atoms with Crippen LogP contribution in [0.3, 0.4) is 0 Å². The molecule has 9 heteroatoms. The molecule has 0 spiro atoms. The van der Waals surface area contributed by atoms with Gasteiger partial charge < -0.3 is 35.2 Å².